The maximum Gasteiger partial charge on any atom is 0.186 e. The molecule has 0 aliphatic heterocycles. The van der Waals surface area contributed by atoms with Crippen LogP contribution in [-0.4, -0.2) is 15.8 Å². The summed E-state index contributed by atoms with van der Waals surface area (Å²) in [6.45, 7) is 0. The summed E-state index contributed by atoms with van der Waals surface area (Å²) in [5.74, 6) is -0.0302. The van der Waals surface area contributed by atoms with Crippen molar-refractivity contribution in [1.82, 2.24) is 9.97 Å². The van der Waals surface area contributed by atoms with Gasteiger partial charge in [-0.25, -0.2) is 0 Å². The Kier molecular flexibility index (Phi) is 4.02. The van der Waals surface area contributed by atoms with Crippen molar-refractivity contribution in [2.75, 3.05) is 0 Å². The molecular formula is C12H8Br2N2O. The van der Waals surface area contributed by atoms with Gasteiger partial charge in [-0.1, -0.05) is 6.07 Å². The molecule has 0 aromatic carbocycles. The van der Waals surface area contributed by atoms with Gasteiger partial charge in [0.15, 0.2) is 5.78 Å². The average molecular weight is 356 g/mol. The fourth-order valence-electron chi connectivity index (χ4n) is 1.39. The summed E-state index contributed by atoms with van der Waals surface area (Å²) in [5.41, 5.74) is 1.33. The van der Waals surface area contributed by atoms with E-state index in [1.165, 1.54) is 0 Å². The maximum absolute atomic E-state index is 12.0. The topological polar surface area (TPSA) is 42.9 Å². The van der Waals surface area contributed by atoms with Crippen molar-refractivity contribution < 1.29 is 4.79 Å². The standard InChI is InChI=1S/C12H8Br2N2O/c13-9-5-10(14)12(16-7-9)11(17)4-8-2-1-3-15-6-8/h1-3,5-7H,4H2. The zero-order chi connectivity index (χ0) is 12.3. The van der Waals surface area contributed by atoms with Crippen LogP contribution in [0.2, 0.25) is 0 Å². The highest BCUT2D eigenvalue weighted by Crippen LogP contribution is 2.20. The minimum atomic E-state index is -0.0302. The van der Waals surface area contributed by atoms with Gasteiger partial charge in [-0.05, 0) is 49.6 Å². The molecule has 2 aromatic heterocycles. The van der Waals surface area contributed by atoms with Crippen molar-refractivity contribution in [2.24, 2.45) is 0 Å². The third-order valence-electron chi connectivity index (χ3n) is 2.16. The molecule has 0 saturated carbocycles. The number of aromatic nitrogens is 2. The van der Waals surface area contributed by atoms with Gasteiger partial charge in [0, 0.05) is 34.0 Å². The summed E-state index contributed by atoms with van der Waals surface area (Å²) in [5, 5.41) is 0. The number of carbonyl (C=O) groups is 1. The molecule has 2 heterocycles. The molecule has 0 fully saturated rings. The zero-order valence-corrected chi connectivity index (χ0v) is 11.9. The second-order valence-electron chi connectivity index (χ2n) is 3.45. The van der Waals surface area contributed by atoms with Gasteiger partial charge in [0.05, 0.1) is 0 Å². The molecule has 3 nitrogen and oxygen atoms in total. The Labute approximate surface area is 116 Å². The number of ketones is 1. The Morgan fingerprint density at radius 3 is 2.76 bits per heavy atom. The molecule has 0 atom stereocenters. The van der Waals surface area contributed by atoms with E-state index in [4.69, 9.17) is 0 Å². The minimum Gasteiger partial charge on any atom is -0.292 e. The third kappa shape index (κ3) is 3.20. The second-order valence-corrected chi connectivity index (χ2v) is 5.22. The molecule has 0 aliphatic carbocycles. The summed E-state index contributed by atoms with van der Waals surface area (Å²) in [6, 6.07) is 5.49. The fraction of sp³-hybridized carbons (Fsp3) is 0.0833. The molecule has 0 amide bonds. The highest BCUT2D eigenvalue weighted by atomic mass is 79.9. The molecule has 2 rings (SSSR count). The average Bonchev–Trinajstić information content (AvgIpc) is 2.30. The number of pyridine rings is 2. The number of Topliss-reactive ketones (excluding diaryl/α,β-unsaturated/α-hetero) is 1. The Hall–Kier alpha value is -1.07. The largest absolute Gasteiger partial charge is 0.292 e. The van der Waals surface area contributed by atoms with E-state index in [-0.39, 0.29) is 5.78 Å². The molecule has 17 heavy (non-hydrogen) atoms. The smallest absolute Gasteiger partial charge is 0.186 e. The highest BCUT2D eigenvalue weighted by Gasteiger charge is 2.12. The summed E-state index contributed by atoms with van der Waals surface area (Å²) in [4.78, 5) is 20.1. The maximum atomic E-state index is 12.0. The molecular weight excluding hydrogens is 348 g/mol. The van der Waals surface area contributed by atoms with Crippen LogP contribution in [0.25, 0.3) is 0 Å². The van der Waals surface area contributed by atoms with Crippen molar-refractivity contribution in [3.63, 3.8) is 0 Å². The van der Waals surface area contributed by atoms with Gasteiger partial charge in [0.2, 0.25) is 0 Å². The minimum absolute atomic E-state index is 0.0302. The molecule has 5 heteroatoms. The van der Waals surface area contributed by atoms with Crippen LogP contribution in [0.5, 0.6) is 0 Å². The van der Waals surface area contributed by atoms with Gasteiger partial charge in [-0.15, -0.1) is 0 Å². The van der Waals surface area contributed by atoms with E-state index >= 15 is 0 Å². The van der Waals surface area contributed by atoms with E-state index in [2.05, 4.69) is 41.8 Å². The lowest BCUT2D eigenvalue weighted by molar-refractivity contribution is 0.0987. The SMILES string of the molecule is O=C(Cc1cccnc1)c1ncc(Br)cc1Br. The quantitative estimate of drug-likeness (QED) is 0.792. The Morgan fingerprint density at radius 2 is 2.12 bits per heavy atom. The predicted octanol–water partition coefficient (Wildman–Crippen LogP) is 3.43. The number of rotatable bonds is 3. The molecule has 0 unspecified atom stereocenters. The Bertz CT molecular complexity index is 543. The zero-order valence-electron chi connectivity index (χ0n) is 8.73. The van der Waals surface area contributed by atoms with Gasteiger partial charge in [-0.2, -0.15) is 0 Å². The summed E-state index contributed by atoms with van der Waals surface area (Å²) >= 11 is 6.63. The van der Waals surface area contributed by atoms with Gasteiger partial charge in [0.25, 0.3) is 0 Å². The van der Waals surface area contributed by atoms with Crippen molar-refractivity contribution in [1.29, 1.82) is 0 Å². The Balaban J connectivity index is 2.21. The van der Waals surface area contributed by atoms with Gasteiger partial charge in [-0.3, -0.25) is 14.8 Å². The molecule has 0 aliphatic rings. The van der Waals surface area contributed by atoms with E-state index in [1.54, 1.807) is 18.6 Å². The molecule has 2 aromatic rings. The molecule has 0 bridgehead atoms. The molecule has 0 saturated heterocycles. The number of hydrogen-bond donors (Lipinski definition) is 0. The fourth-order valence-corrected chi connectivity index (χ4v) is 2.60. The van der Waals surface area contributed by atoms with E-state index < -0.39 is 0 Å². The predicted molar refractivity (Wildman–Crippen MR) is 71.9 cm³/mol. The van der Waals surface area contributed by atoms with Crippen LogP contribution in [-0.2, 0) is 6.42 Å². The van der Waals surface area contributed by atoms with E-state index in [9.17, 15) is 4.79 Å². The molecule has 86 valence electrons. The van der Waals surface area contributed by atoms with Crippen molar-refractivity contribution >= 4 is 37.6 Å². The lowest BCUT2D eigenvalue weighted by Gasteiger charge is -2.03. The number of hydrogen-bond acceptors (Lipinski definition) is 3. The summed E-state index contributed by atoms with van der Waals surface area (Å²) in [7, 11) is 0. The highest BCUT2D eigenvalue weighted by molar-refractivity contribution is 9.11. The third-order valence-corrected chi connectivity index (χ3v) is 3.20. The Morgan fingerprint density at radius 1 is 1.29 bits per heavy atom. The molecule has 0 N–H and O–H groups in total. The molecule has 0 radical (unpaired) electrons. The van der Waals surface area contributed by atoms with Crippen molar-refractivity contribution in [2.45, 2.75) is 6.42 Å². The van der Waals surface area contributed by atoms with Crippen LogP contribution >= 0.6 is 31.9 Å². The normalized spacial score (nSPS) is 10.2. The van der Waals surface area contributed by atoms with Crippen molar-refractivity contribution in [3.8, 4) is 0 Å². The summed E-state index contributed by atoms with van der Waals surface area (Å²) < 4.78 is 1.53. The van der Waals surface area contributed by atoms with Crippen LogP contribution in [0.3, 0.4) is 0 Å². The molecule has 0 spiro atoms. The van der Waals surface area contributed by atoms with Crippen LogP contribution in [0.1, 0.15) is 16.1 Å². The van der Waals surface area contributed by atoms with Gasteiger partial charge in [0.1, 0.15) is 5.69 Å². The van der Waals surface area contributed by atoms with Gasteiger partial charge >= 0.3 is 0 Å². The number of carbonyl (C=O) groups excluding carboxylic acids is 1. The van der Waals surface area contributed by atoms with E-state index in [0.717, 1.165) is 10.0 Å². The lowest BCUT2D eigenvalue weighted by Crippen LogP contribution is -2.07. The summed E-state index contributed by atoms with van der Waals surface area (Å²) in [6.07, 6.45) is 5.29. The van der Waals surface area contributed by atoms with Gasteiger partial charge < -0.3 is 0 Å². The monoisotopic (exact) mass is 354 g/mol. The first kappa shape index (κ1) is 12.4. The first-order chi connectivity index (χ1) is 8.16. The lowest BCUT2D eigenvalue weighted by atomic mass is 10.1. The number of halogens is 2. The number of nitrogens with zero attached hydrogens (tertiary/aromatic N) is 2. The first-order valence-corrected chi connectivity index (χ1v) is 6.48. The van der Waals surface area contributed by atoms with Crippen LogP contribution in [0, 0.1) is 0 Å². The van der Waals surface area contributed by atoms with Crippen molar-refractivity contribution in [3.05, 3.63) is 57.0 Å². The van der Waals surface area contributed by atoms with Crippen LogP contribution < -0.4 is 0 Å². The van der Waals surface area contributed by atoms with Crippen LogP contribution in [0.4, 0.5) is 0 Å². The van der Waals surface area contributed by atoms with Crippen LogP contribution in [0.15, 0.2) is 45.7 Å². The first-order valence-electron chi connectivity index (χ1n) is 4.90. The van der Waals surface area contributed by atoms with E-state index in [1.807, 2.05) is 18.2 Å². The van der Waals surface area contributed by atoms with E-state index in [0.29, 0.717) is 16.6 Å². The second kappa shape index (κ2) is 5.51.